The molecule has 0 fully saturated rings. The standard InChI is InChI=1S/C24H21ClF3NO3S/c1-12-16-5-3-14(10-22(30)31)18(16)7-6-17(12)23-29-11-21(33-23)15-4-8-20(19(25)9-15)32-13(2)24(26,27)28/h4,6-9,11,13-14H,3,5,10H2,1-2H3,(H,30,31). The summed E-state index contributed by atoms with van der Waals surface area (Å²) in [7, 11) is 0. The van der Waals surface area contributed by atoms with Crippen molar-refractivity contribution in [2.75, 3.05) is 0 Å². The zero-order valence-corrected chi connectivity index (χ0v) is 19.4. The number of benzene rings is 2. The number of rotatable bonds is 6. The number of aromatic nitrogens is 1. The summed E-state index contributed by atoms with van der Waals surface area (Å²) in [5, 5.41) is 10.1. The molecule has 4 nitrogen and oxygen atoms in total. The number of aliphatic carboxylic acids is 1. The quantitative estimate of drug-likeness (QED) is 0.390. The van der Waals surface area contributed by atoms with Gasteiger partial charge in [-0.2, -0.15) is 13.2 Å². The van der Waals surface area contributed by atoms with Gasteiger partial charge in [0.05, 0.1) is 16.3 Å². The van der Waals surface area contributed by atoms with Crippen LogP contribution in [0.15, 0.2) is 36.5 Å². The van der Waals surface area contributed by atoms with Gasteiger partial charge >= 0.3 is 12.1 Å². The second-order valence-electron chi connectivity index (χ2n) is 8.12. The first-order valence-electron chi connectivity index (χ1n) is 10.4. The lowest BCUT2D eigenvalue weighted by molar-refractivity contribution is -0.189. The molecule has 33 heavy (non-hydrogen) atoms. The fourth-order valence-electron chi connectivity index (χ4n) is 4.16. The largest absolute Gasteiger partial charge is 0.481 e. The van der Waals surface area contributed by atoms with Crippen molar-refractivity contribution in [2.45, 2.75) is 51.3 Å². The molecule has 1 N–H and O–H groups in total. The number of carboxylic acids is 1. The minimum Gasteiger partial charge on any atom is -0.481 e. The van der Waals surface area contributed by atoms with Crippen LogP contribution in [0.2, 0.25) is 5.02 Å². The predicted molar refractivity (Wildman–Crippen MR) is 122 cm³/mol. The average molecular weight is 496 g/mol. The van der Waals surface area contributed by atoms with Gasteiger partial charge in [0, 0.05) is 11.8 Å². The summed E-state index contributed by atoms with van der Waals surface area (Å²) in [5.41, 5.74) is 5.12. The van der Waals surface area contributed by atoms with Gasteiger partial charge in [0.25, 0.3) is 0 Å². The molecular weight excluding hydrogens is 475 g/mol. The van der Waals surface area contributed by atoms with Crippen molar-refractivity contribution in [3.8, 4) is 26.8 Å². The van der Waals surface area contributed by atoms with Gasteiger partial charge in [-0.25, -0.2) is 4.98 Å². The first-order valence-corrected chi connectivity index (χ1v) is 11.6. The molecule has 174 valence electrons. The first kappa shape index (κ1) is 23.6. The first-order chi connectivity index (χ1) is 15.5. The topological polar surface area (TPSA) is 59.4 Å². The summed E-state index contributed by atoms with van der Waals surface area (Å²) in [6, 6.07) is 8.66. The lowest BCUT2D eigenvalue weighted by atomic mass is 9.94. The molecule has 1 aromatic heterocycles. The van der Waals surface area contributed by atoms with Crippen molar-refractivity contribution >= 4 is 28.9 Å². The molecule has 1 aliphatic carbocycles. The van der Waals surface area contributed by atoms with Crippen molar-refractivity contribution < 1.29 is 27.8 Å². The summed E-state index contributed by atoms with van der Waals surface area (Å²) in [6.45, 7) is 2.96. The zero-order valence-electron chi connectivity index (χ0n) is 17.9. The van der Waals surface area contributed by atoms with Crippen LogP contribution in [0.1, 0.15) is 42.4 Å². The number of hydrogen-bond acceptors (Lipinski definition) is 4. The Labute approximate surface area is 198 Å². The van der Waals surface area contributed by atoms with Gasteiger partial charge in [0.1, 0.15) is 10.8 Å². The smallest absolute Gasteiger partial charge is 0.425 e. The average Bonchev–Trinajstić information content (AvgIpc) is 3.37. The number of carbonyl (C=O) groups is 1. The van der Waals surface area contributed by atoms with Gasteiger partial charge in [0.15, 0.2) is 6.10 Å². The van der Waals surface area contributed by atoms with E-state index in [0.717, 1.165) is 51.9 Å². The van der Waals surface area contributed by atoms with Crippen molar-refractivity contribution in [1.29, 1.82) is 0 Å². The van der Waals surface area contributed by atoms with E-state index in [1.165, 1.54) is 23.0 Å². The molecule has 0 spiro atoms. The van der Waals surface area contributed by atoms with Crippen LogP contribution in [0, 0.1) is 6.92 Å². The van der Waals surface area contributed by atoms with Crippen LogP contribution in [0.5, 0.6) is 5.75 Å². The summed E-state index contributed by atoms with van der Waals surface area (Å²) in [5.74, 6) is -0.775. The molecule has 9 heteroatoms. The van der Waals surface area contributed by atoms with Crippen molar-refractivity contribution in [3.63, 3.8) is 0 Å². The van der Waals surface area contributed by atoms with E-state index in [1.807, 2.05) is 19.1 Å². The highest BCUT2D eigenvalue weighted by Crippen LogP contribution is 2.42. The molecule has 4 rings (SSSR count). The molecule has 0 aliphatic heterocycles. The molecule has 2 unspecified atom stereocenters. The highest BCUT2D eigenvalue weighted by Gasteiger charge is 2.38. The Morgan fingerprint density at radius 2 is 2.09 bits per heavy atom. The SMILES string of the molecule is Cc1c(-c2ncc(-c3ccc(OC(C)C(F)(F)F)c(Cl)c3)s2)ccc2c1CCC2CC(=O)O. The Bertz CT molecular complexity index is 1210. The van der Waals surface area contributed by atoms with Crippen LogP contribution in [-0.2, 0) is 11.2 Å². The maximum absolute atomic E-state index is 12.8. The molecule has 0 bridgehead atoms. The second-order valence-corrected chi connectivity index (χ2v) is 9.55. The van der Waals surface area contributed by atoms with Crippen LogP contribution in [0.3, 0.4) is 0 Å². The molecule has 2 atom stereocenters. The van der Waals surface area contributed by atoms with Crippen molar-refractivity contribution in [3.05, 3.63) is 58.2 Å². The fourth-order valence-corrected chi connectivity index (χ4v) is 5.38. The number of alkyl halides is 3. The van der Waals surface area contributed by atoms with E-state index < -0.39 is 18.2 Å². The third-order valence-electron chi connectivity index (χ3n) is 5.96. The molecule has 3 aromatic rings. The van der Waals surface area contributed by atoms with Gasteiger partial charge in [0.2, 0.25) is 0 Å². The third-order valence-corrected chi connectivity index (χ3v) is 7.33. The van der Waals surface area contributed by atoms with Crippen molar-refractivity contribution in [1.82, 2.24) is 4.98 Å². The lowest BCUT2D eigenvalue weighted by Crippen LogP contribution is -2.31. The molecule has 0 amide bonds. The Morgan fingerprint density at radius 1 is 1.33 bits per heavy atom. The number of carboxylic acid groups (broad SMARTS) is 1. The van der Waals surface area contributed by atoms with E-state index in [9.17, 15) is 18.0 Å². The van der Waals surface area contributed by atoms with Gasteiger partial charge in [-0.15, -0.1) is 11.3 Å². The number of ether oxygens (including phenoxy) is 1. The zero-order chi connectivity index (χ0) is 23.9. The number of fused-ring (bicyclic) bond motifs is 1. The van der Waals surface area contributed by atoms with Crippen LogP contribution >= 0.6 is 22.9 Å². The minimum atomic E-state index is -4.48. The monoisotopic (exact) mass is 495 g/mol. The van der Waals surface area contributed by atoms with Crippen LogP contribution in [-0.4, -0.2) is 28.3 Å². The molecule has 2 aromatic carbocycles. The van der Waals surface area contributed by atoms with Gasteiger partial charge in [-0.3, -0.25) is 4.79 Å². The van der Waals surface area contributed by atoms with E-state index in [4.69, 9.17) is 21.4 Å². The summed E-state index contributed by atoms with van der Waals surface area (Å²) in [4.78, 5) is 16.5. The molecule has 1 aliphatic rings. The predicted octanol–water partition coefficient (Wildman–Crippen LogP) is 7.27. The van der Waals surface area contributed by atoms with Gasteiger partial charge in [-0.1, -0.05) is 23.7 Å². The Balaban J connectivity index is 1.58. The summed E-state index contributed by atoms with van der Waals surface area (Å²) < 4.78 is 43.3. The number of halogens is 4. The molecule has 0 saturated heterocycles. The number of nitrogens with zero attached hydrogens (tertiary/aromatic N) is 1. The minimum absolute atomic E-state index is 0.0274. The van der Waals surface area contributed by atoms with Crippen LogP contribution < -0.4 is 4.74 Å². The fraction of sp³-hybridized carbons (Fsp3) is 0.333. The highest BCUT2D eigenvalue weighted by atomic mass is 35.5. The Hall–Kier alpha value is -2.58. The van der Waals surface area contributed by atoms with Gasteiger partial charge < -0.3 is 9.84 Å². The number of thiazole rings is 1. The van der Waals surface area contributed by atoms with E-state index in [1.54, 1.807) is 18.3 Å². The van der Waals surface area contributed by atoms with Crippen LogP contribution in [0.25, 0.3) is 21.0 Å². The lowest BCUT2D eigenvalue weighted by Gasteiger charge is -2.18. The molecule has 0 saturated carbocycles. The van der Waals surface area contributed by atoms with Gasteiger partial charge in [-0.05, 0) is 73.1 Å². The van der Waals surface area contributed by atoms with E-state index >= 15 is 0 Å². The Kier molecular flexibility index (Phi) is 6.42. The highest BCUT2D eigenvalue weighted by molar-refractivity contribution is 7.18. The second kappa shape index (κ2) is 8.99. The van der Waals surface area contributed by atoms with E-state index in [2.05, 4.69) is 4.98 Å². The molecule has 1 heterocycles. The van der Waals surface area contributed by atoms with E-state index in [-0.39, 0.29) is 23.1 Å². The molecule has 0 radical (unpaired) electrons. The maximum atomic E-state index is 12.8. The Morgan fingerprint density at radius 3 is 2.76 bits per heavy atom. The third kappa shape index (κ3) is 4.87. The van der Waals surface area contributed by atoms with Crippen molar-refractivity contribution in [2.24, 2.45) is 0 Å². The normalized spacial score (nSPS) is 16.5. The summed E-state index contributed by atoms with van der Waals surface area (Å²) >= 11 is 7.64. The molecular formula is C24H21ClF3NO3S. The van der Waals surface area contributed by atoms with Crippen LogP contribution in [0.4, 0.5) is 13.2 Å². The number of hydrogen-bond donors (Lipinski definition) is 1. The maximum Gasteiger partial charge on any atom is 0.425 e. The summed E-state index contributed by atoms with van der Waals surface area (Å²) in [6.07, 6.45) is -2.92. The van der Waals surface area contributed by atoms with E-state index in [0.29, 0.717) is 0 Å².